The third-order valence-corrected chi connectivity index (χ3v) is 1.000. The van der Waals surface area contributed by atoms with Crippen LogP contribution in [0, 0.1) is 0 Å². The van der Waals surface area contributed by atoms with E-state index in [2.05, 4.69) is 0 Å². The molecule has 0 aliphatic heterocycles. The van der Waals surface area contributed by atoms with E-state index in [1.165, 1.54) is 25.7 Å². The van der Waals surface area contributed by atoms with E-state index >= 15 is 0 Å². The molecule has 0 saturated heterocycles. The molecule has 1 aliphatic carbocycles. The molecule has 1 saturated carbocycles. The molecular weight excluding hydrogens is 126 g/mol. The van der Waals surface area contributed by atoms with Crippen molar-refractivity contribution in [3.05, 3.63) is 0 Å². The molecule has 0 aromatic carbocycles. The van der Waals surface area contributed by atoms with E-state index in [9.17, 15) is 0 Å². The van der Waals surface area contributed by atoms with Gasteiger partial charge in [0.15, 0.2) is 0 Å². The maximum absolute atomic E-state index is 1.50. The summed E-state index contributed by atoms with van der Waals surface area (Å²) >= 11 is 0. The maximum atomic E-state index is 1.50. The number of hydrogen-bond donors (Lipinski definition) is 0. The Kier molecular flexibility index (Phi) is 16.5. The average Bonchev–Trinajstić information content (AvgIpc) is 0.722. The fourth-order valence-electron chi connectivity index (χ4n) is 0.250. The summed E-state index contributed by atoms with van der Waals surface area (Å²) in [7, 11) is 0. The molecule has 6 heavy (non-hydrogen) atoms. The van der Waals surface area contributed by atoms with Crippen LogP contribution >= 0.6 is 0 Å². The molecule has 1 fully saturated rings. The molecule has 0 aromatic rings. The molecule has 1 aliphatic rings. The molecule has 0 heterocycles. The first kappa shape index (κ1) is 12.0. The Balaban J connectivity index is 0. The van der Waals surface area contributed by atoms with Gasteiger partial charge >= 0.3 is 103 Å². The van der Waals surface area contributed by atoms with Crippen molar-refractivity contribution in [2.24, 2.45) is 0 Å². The summed E-state index contributed by atoms with van der Waals surface area (Å²) in [5, 5.41) is 0. The van der Waals surface area contributed by atoms with Crippen LogP contribution in [-0.2, 0) is 0 Å². The van der Waals surface area contributed by atoms with Crippen molar-refractivity contribution in [1.82, 2.24) is 0 Å². The topological polar surface area (TPSA) is 0 Å². The van der Waals surface area contributed by atoms with Gasteiger partial charge in [-0.2, -0.15) is 0 Å². The van der Waals surface area contributed by atoms with Gasteiger partial charge in [0.2, 0.25) is 0 Å². The van der Waals surface area contributed by atoms with E-state index in [4.69, 9.17) is 0 Å². The molecule has 0 unspecified atom stereocenters. The van der Waals surface area contributed by atoms with Crippen LogP contribution in [0.15, 0.2) is 0 Å². The van der Waals surface area contributed by atoms with Gasteiger partial charge in [-0.25, -0.2) is 0 Å². The second kappa shape index (κ2) is 8.27. The predicted molar refractivity (Wildman–Crippen MR) is 32.8 cm³/mol. The van der Waals surface area contributed by atoms with Crippen LogP contribution in [0.1, 0.15) is 25.7 Å². The molecule has 0 atom stereocenters. The van der Waals surface area contributed by atoms with Gasteiger partial charge < -0.3 is 0 Å². The first-order chi connectivity index (χ1) is 2.00. The summed E-state index contributed by atoms with van der Waals surface area (Å²) in [6.45, 7) is 0. The molecule has 0 spiro atoms. The van der Waals surface area contributed by atoms with Crippen molar-refractivity contribution < 1.29 is 0 Å². The third kappa shape index (κ3) is 5.41. The van der Waals surface area contributed by atoms with Crippen molar-refractivity contribution >= 4 is 103 Å². The molecule has 0 nitrogen and oxygen atoms in total. The average molecular weight is 136 g/mol. The first-order valence-corrected chi connectivity index (χ1v) is 2.00. The van der Waals surface area contributed by atoms with Crippen LogP contribution in [0.5, 0.6) is 0 Å². The Morgan fingerprint density at radius 2 is 0.667 bits per heavy atom. The monoisotopic (exact) mass is 136 g/mol. The Bertz CT molecular complexity index is 13.5. The summed E-state index contributed by atoms with van der Waals surface area (Å²) in [5.74, 6) is 0. The Labute approximate surface area is 125 Å². The molecule has 2 heteroatoms. The molecule has 0 bridgehead atoms. The van der Waals surface area contributed by atoms with Gasteiger partial charge in [-0.15, -0.1) is 0 Å². The Morgan fingerprint density at radius 1 is 0.500 bits per heavy atom. The number of rotatable bonds is 0. The van der Waals surface area contributed by atoms with Crippen LogP contribution in [0.3, 0.4) is 0 Å². The minimum atomic E-state index is 0. The normalized spacial score (nSPS) is 16.0. The van der Waals surface area contributed by atoms with Gasteiger partial charge in [0.1, 0.15) is 0 Å². The molecule has 28 valence electrons. The SMILES string of the molecule is C1CCC1.[KH].[KH]. The van der Waals surface area contributed by atoms with Crippen molar-refractivity contribution in [3.8, 4) is 0 Å². The third-order valence-electron chi connectivity index (χ3n) is 1.000. The van der Waals surface area contributed by atoms with Gasteiger partial charge in [-0.05, 0) is 0 Å². The zero-order chi connectivity index (χ0) is 2.83. The second-order valence-corrected chi connectivity index (χ2v) is 1.41. The first-order valence-electron chi connectivity index (χ1n) is 2.00. The van der Waals surface area contributed by atoms with Gasteiger partial charge in [-0.1, -0.05) is 25.7 Å². The van der Waals surface area contributed by atoms with Crippen LogP contribution in [0.25, 0.3) is 0 Å². The quantitative estimate of drug-likeness (QED) is 0.419. The fraction of sp³-hybridized carbons (Fsp3) is 1.00. The van der Waals surface area contributed by atoms with Gasteiger partial charge in [0, 0.05) is 0 Å². The standard InChI is InChI=1S/C4H8.2K.2H/c1-2-4-3-1;;;;/h1-4H2;;;;. The summed E-state index contributed by atoms with van der Waals surface area (Å²) in [6.07, 6.45) is 6.00. The van der Waals surface area contributed by atoms with Crippen LogP contribution in [0.4, 0.5) is 0 Å². The van der Waals surface area contributed by atoms with Gasteiger partial charge in [0.05, 0.1) is 0 Å². The van der Waals surface area contributed by atoms with E-state index in [1.807, 2.05) is 0 Å². The predicted octanol–water partition coefficient (Wildman–Crippen LogP) is 0.263. The van der Waals surface area contributed by atoms with Crippen LogP contribution in [0.2, 0.25) is 0 Å². The van der Waals surface area contributed by atoms with Crippen LogP contribution < -0.4 is 0 Å². The van der Waals surface area contributed by atoms with Gasteiger partial charge in [0.25, 0.3) is 0 Å². The van der Waals surface area contributed by atoms with Crippen molar-refractivity contribution in [1.29, 1.82) is 0 Å². The van der Waals surface area contributed by atoms with E-state index in [0.717, 1.165) is 0 Å². The number of hydrogen-bond acceptors (Lipinski definition) is 0. The zero-order valence-electron chi connectivity index (χ0n) is 2.83. The Hall–Kier alpha value is 3.27. The molecule has 1 rings (SSSR count). The molecule has 0 radical (unpaired) electrons. The molecule has 0 N–H and O–H groups in total. The Morgan fingerprint density at radius 3 is 0.667 bits per heavy atom. The van der Waals surface area contributed by atoms with E-state index in [-0.39, 0.29) is 103 Å². The second-order valence-electron chi connectivity index (χ2n) is 1.41. The van der Waals surface area contributed by atoms with Crippen molar-refractivity contribution in [2.75, 3.05) is 0 Å². The summed E-state index contributed by atoms with van der Waals surface area (Å²) in [4.78, 5) is 0. The van der Waals surface area contributed by atoms with Crippen LogP contribution in [-0.4, -0.2) is 103 Å². The van der Waals surface area contributed by atoms with Crippen molar-refractivity contribution in [3.63, 3.8) is 0 Å². The van der Waals surface area contributed by atoms with E-state index < -0.39 is 0 Å². The summed E-state index contributed by atoms with van der Waals surface area (Å²) in [6, 6.07) is 0. The minimum absolute atomic E-state index is 0. The van der Waals surface area contributed by atoms with E-state index in [0.29, 0.717) is 0 Å². The van der Waals surface area contributed by atoms with Crippen molar-refractivity contribution in [2.45, 2.75) is 25.7 Å². The van der Waals surface area contributed by atoms with E-state index in [1.54, 1.807) is 0 Å². The molecular formula is C4H10K2. The summed E-state index contributed by atoms with van der Waals surface area (Å²) < 4.78 is 0. The summed E-state index contributed by atoms with van der Waals surface area (Å²) in [5.41, 5.74) is 0. The zero-order valence-corrected chi connectivity index (χ0v) is 2.83. The fourth-order valence-corrected chi connectivity index (χ4v) is 0.250. The van der Waals surface area contributed by atoms with Gasteiger partial charge in [-0.3, -0.25) is 0 Å². The molecule has 0 aromatic heterocycles. The molecule has 0 amide bonds.